The van der Waals surface area contributed by atoms with Gasteiger partial charge in [-0.1, -0.05) is 24.3 Å². The zero-order valence-electron chi connectivity index (χ0n) is 18.9. The van der Waals surface area contributed by atoms with Crippen LogP contribution in [0.5, 0.6) is 0 Å². The van der Waals surface area contributed by atoms with Gasteiger partial charge in [0.2, 0.25) is 0 Å². The number of nitrogens with zero attached hydrogens (tertiary/aromatic N) is 2. The summed E-state index contributed by atoms with van der Waals surface area (Å²) >= 11 is 0. The predicted molar refractivity (Wildman–Crippen MR) is 124 cm³/mol. The molecule has 2 aromatic carbocycles. The summed E-state index contributed by atoms with van der Waals surface area (Å²) in [4.78, 5) is 21.2. The van der Waals surface area contributed by atoms with Crippen molar-refractivity contribution in [3.63, 3.8) is 0 Å². The quantitative estimate of drug-likeness (QED) is 0.515. The second-order valence-electron chi connectivity index (χ2n) is 8.69. The van der Waals surface area contributed by atoms with Crippen LogP contribution in [0.1, 0.15) is 57.6 Å². The lowest BCUT2D eigenvalue weighted by Crippen LogP contribution is -2.35. The van der Waals surface area contributed by atoms with E-state index in [1.165, 1.54) is 12.1 Å². The van der Waals surface area contributed by atoms with Gasteiger partial charge in [-0.25, -0.2) is 14.4 Å². The Kier molecular flexibility index (Phi) is 7.11. The Balaban J connectivity index is 1.28. The molecule has 1 aliphatic heterocycles. The molecule has 6 nitrogen and oxygen atoms in total. The minimum Gasteiger partial charge on any atom is -0.387 e. The minimum absolute atomic E-state index is 0.0574. The lowest BCUT2D eigenvalue weighted by atomic mass is 10.0. The summed E-state index contributed by atoms with van der Waals surface area (Å²) in [5.74, 6) is 0.131. The van der Waals surface area contributed by atoms with Crippen molar-refractivity contribution in [1.82, 2.24) is 20.6 Å². The van der Waals surface area contributed by atoms with Crippen LogP contribution in [0.2, 0.25) is 0 Å². The van der Waals surface area contributed by atoms with E-state index in [0.717, 1.165) is 41.8 Å². The van der Waals surface area contributed by atoms with Gasteiger partial charge in [0.1, 0.15) is 11.6 Å². The Bertz CT molecular complexity index is 1080. The first-order valence-corrected chi connectivity index (χ1v) is 11.3. The zero-order valence-corrected chi connectivity index (χ0v) is 18.9. The molecular formula is C26H29FN4O2. The topological polar surface area (TPSA) is 87.1 Å². The number of amides is 1. The number of hydrogen-bond donors (Lipinski definition) is 3. The first-order chi connectivity index (χ1) is 15.9. The van der Waals surface area contributed by atoms with Crippen LogP contribution in [0.25, 0.3) is 0 Å². The van der Waals surface area contributed by atoms with Crippen molar-refractivity contribution in [2.24, 2.45) is 0 Å². The Labute approximate surface area is 193 Å². The van der Waals surface area contributed by atoms with Crippen molar-refractivity contribution in [2.75, 3.05) is 0 Å². The van der Waals surface area contributed by atoms with Crippen LogP contribution in [0.4, 0.5) is 4.39 Å². The minimum atomic E-state index is -0.664. The summed E-state index contributed by atoms with van der Waals surface area (Å²) in [5.41, 5.74) is 4.19. The average molecular weight is 449 g/mol. The molecule has 0 radical (unpaired) electrons. The van der Waals surface area contributed by atoms with E-state index in [9.17, 15) is 14.3 Å². The third-order valence-electron chi connectivity index (χ3n) is 6.00. The lowest BCUT2D eigenvalue weighted by Gasteiger charge is -2.20. The lowest BCUT2D eigenvalue weighted by molar-refractivity contribution is 0.0949. The van der Waals surface area contributed by atoms with E-state index >= 15 is 0 Å². The van der Waals surface area contributed by atoms with Gasteiger partial charge >= 0.3 is 0 Å². The summed E-state index contributed by atoms with van der Waals surface area (Å²) < 4.78 is 13.1. The summed E-state index contributed by atoms with van der Waals surface area (Å²) in [6, 6.07) is 15.7. The van der Waals surface area contributed by atoms with Crippen LogP contribution >= 0.6 is 0 Å². The predicted octanol–water partition coefficient (Wildman–Crippen LogP) is 3.56. The molecule has 172 valence electrons. The number of carbonyl (C=O) groups is 1. The van der Waals surface area contributed by atoms with E-state index in [-0.39, 0.29) is 30.4 Å². The molecule has 1 aliphatic rings. The molecule has 7 heteroatoms. The highest BCUT2D eigenvalue weighted by atomic mass is 19.1. The standard InChI is InChI=1S/C26H29FN4O2/c1-16-13-17(2)30-24(29-16)15-28-26(33)20-5-3-18(4-6-20)14-22-11-12-23(31-22)25(32)19-7-9-21(27)10-8-19/h3-10,13,22-23,25,31-32H,11-12,14-15H2,1-2H3,(H,28,33)/t22-,23+,25+/m0/s1. The number of hydrogen-bond acceptors (Lipinski definition) is 5. The van der Waals surface area contributed by atoms with Crippen LogP contribution < -0.4 is 10.6 Å². The smallest absolute Gasteiger partial charge is 0.251 e. The highest BCUT2D eigenvalue weighted by Crippen LogP contribution is 2.27. The number of carbonyl (C=O) groups excluding carboxylic acids is 1. The molecule has 0 spiro atoms. The zero-order chi connectivity index (χ0) is 23.4. The largest absolute Gasteiger partial charge is 0.387 e. The normalized spacial score (nSPS) is 18.8. The van der Waals surface area contributed by atoms with Crippen LogP contribution in [0, 0.1) is 19.7 Å². The number of nitrogens with one attached hydrogen (secondary N) is 2. The van der Waals surface area contributed by atoms with Gasteiger partial charge < -0.3 is 15.7 Å². The van der Waals surface area contributed by atoms with Crippen molar-refractivity contribution in [3.8, 4) is 0 Å². The van der Waals surface area contributed by atoms with Crippen LogP contribution in [0.15, 0.2) is 54.6 Å². The SMILES string of the molecule is Cc1cc(C)nc(CNC(=O)c2ccc(C[C@@H]3CC[C@H]([C@H](O)c4ccc(F)cc4)N3)cc2)n1. The summed E-state index contributed by atoms with van der Waals surface area (Å²) in [7, 11) is 0. The van der Waals surface area contributed by atoms with E-state index in [0.29, 0.717) is 11.4 Å². The second-order valence-corrected chi connectivity index (χ2v) is 8.69. The van der Waals surface area contributed by atoms with Gasteiger partial charge in [0.05, 0.1) is 12.6 Å². The number of aromatic nitrogens is 2. The highest BCUT2D eigenvalue weighted by molar-refractivity contribution is 5.94. The molecule has 1 fully saturated rings. The van der Waals surface area contributed by atoms with Gasteiger partial charge in [0.15, 0.2) is 0 Å². The summed E-state index contributed by atoms with van der Waals surface area (Å²) in [6.45, 7) is 4.10. The molecule has 0 bridgehead atoms. The van der Waals surface area contributed by atoms with Crippen molar-refractivity contribution < 1.29 is 14.3 Å². The van der Waals surface area contributed by atoms with Crippen molar-refractivity contribution in [2.45, 2.75) is 57.8 Å². The fourth-order valence-electron chi connectivity index (χ4n) is 4.37. The number of benzene rings is 2. The molecule has 2 heterocycles. The molecule has 3 atom stereocenters. The fraction of sp³-hybridized carbons (Fsp3) is 0.346. The maximum absolute atomic E-state index is 13.1. The Morgan fingerprint density at radius 2 is 1.76 bits per heavy atom. The van der Waals surface area contributed by atoms with Crippen LogP contribution in [0.3, 0.4) is 0 Å². The molecular weight excluding hydrogens is 419 g/mol. The van der Waals surface area contributed by atoms with E-state index in [2.05, 4.69) is 20.6 Å². The van der Waals surface area contributed by atoms with Crippen molar-refractivity contribution in [3.05, 3.63) is 94.3 Å². The maximum atomic E-state index is 13.1. The van der Waals surface area contributed by atoms with Gasteiger partial charge in [-0.05, 0) is 74.6 Å². The maximum Gasteiger partial charge on any atom is 0.251 e. The molecule has 1 saturated heterocycles. The third kappa shape index (κ3) is 6.00. The van der Waals surface area contributed by atoms with Crippen molar-refractivity contribution >= 4 is 5.91 Å². The molecule has 33 heavy (non-hydrogen) atoms. The van der Waals surface area contributed by atoms with E-state index < -0.39 is 6.10 Å². The van der Waals surface area contributed by atoms with Crippen LogP contribution in [-0.2, 0) is 13.0 Å². The van der Waals surface area contributed by atoms with Crippen molar-refractivity contribution in [1.29, 1.82) is 0 Å². The van der Waals surface area contributed by atoms with Gasteiger partial charge in [-0.2, -0.15) is 0 Å². The third-order valence-corrected chi connectivity index (χ3v) is 6.00. The Hall–Kier alpha value is -3.16. The van der Waals surface area contributed by atoms with Crippen LogP contribution in [-0.4, -0.2) is 33.1 Å². The first kappa shape index (κ1) is 23.0. The number of halogens is 1. The van der Waals surface area contributed by atoms with Gasteiger partial charge in [-0.15, -0.1) is 0 Å². The Morgan fingerprint density at radius 3 is 2.42 bits per heavy atom. The van der Waals surface area contributed by atoms with Gasteiger partial charge in [0.25, 0.3) is 5.91 Å². The number of rotatable bonds is 7. The number of aliphatic hydroxyl groups excluding tert-OH is 1. The molecule has 1 aromatic heterocycles. The molecule has 3 aromatic rings. The fourth-order valence-corrected chi connectivity index (χ4v) is 4.37. The highest BCUT2D eigenvalue weighted by Gasteiger charge is 2.30. The summed E-state index contributed by atoms with van der Waals surface area (Å²) in [5, 5.41) is 17.0. The second kappa shape index (κ2) is 10.2. The van der Waals surface area contributed by atoms with Gasteiger partial charge in [-0.3, -0.25) is 4.79 Å². The molecule has 0 unspecified atom stereocenters. The number of aliphatic hydroxyl groups is 1. The monoisotopic (exact) mass is 448 g/mol. The Morgan fingerprint density at radius 1 is 1.09 bits per heavy atom. The molecule has 3 N–H and O–H groups in total. The van der Waals surface area contributed by atoms with E-state index in [1.807, 2.05) is 44.2 Å². The average Bonchev–Trinajstić information content (AvgIpc) is 3.26. The first-order valence-electron chi connectivity index (χ1n) is 11.3. The summed E-state index contributed by atoms with van der Waals surface area (Å²) in [6.07, 6.45) is 1.94. The molecule has 0 saturated carbocycles. The van der Waals surface area contributed by atoms with E-state index in [4.69, 9.17) is 0 Å². The van der Waals surface area contributed by atoms with Gasteiger partial charge in [0, 0.05) is 29.0 Å². The molecule has 0 aliphatic carbocycles. The van der Waals surface area contributed by atoms with E-state index in [1.54, 1.807) is 12.1 Å². The molecule has 1 amide bonds. The number of aryl methyl sites for hydroxylation is 2. The molecule has 4 rings (SSSR count).